The third-order valence-corrected chi connectivity index (χ3v) is 13.2. The minimum absolute atomic E-state index is 0.0415. The van der Waals surface area contributed by atoms with Gasteiger partial charge in [0.1, 0.15) is 30.1 Å². The number of fused-ring (bicyclic) bond motifs is 8. The lowest BCUT2D eigenvalue weighted by atomic mass is 10.0. The number of aromatic amines is 4. The molecule has 0 saturated heterocycles. The number of aryl methyl sites for hydroxylation is 2. The van der Waals surface area contributed by atoms with Gasteiger partial charge < -0.3 is 44.6 Å². The van der Waals surface area contributed by atoms with Crippen LogP contribution in [-0.4, -0.2) is 87.2 Å². The number of hydrogen-bond acceptors (Lipinski definition) is 13. The van der Waals surface area contributed by atoms with Crippen molar-refractivity contribution in [3.05, 3.63) is 117 Å². The van der Waals surface area contributed by atoms with Crippen LogP contribution in [0.4, 0.5) is 5.82 Å². The van der Waals surface area contributed by atoms with E-state index >= 15 is 0 Å². The summed E-state index contributed by atoms with van der Waals surface area (Å²) in [4.78, 5) is 66.9. The van der Waals surface area contributed by atoms with Gasteiger partial charge in [0, 0.05) is 63.8 Å². The van der Waals surface area contributed by atoms with Crippen molar-refractivity contribution >= 4 is 52.2 Å². The van der Waals surface area contributed by atoms with Gasteiger partial charge >= 0.3 is 17.8 Å². The highest BCUT2D eigenvalue weighted by Crippen LogP contribution is 2.27. The van der Waals surface area contributed by atoms with Crippen molar-refractivity contribution in [1.82, 2.24) is 39.0 Å². The van der Waals surface area contributed by atoms with Gasteiger partial charge in [-0.25, -0.2) is 14.5 Å². The molecule has 1 atom stereocenters. The number of esters is 1. The number of imidazole rings is 2. The number of hydrogen-bond donors (Lipinski definition) is 7. The molecule has 356 valence electrons. The third kappa shape index (κ3) is 10.0. The Balaban J connectivity index is 1.35. The van der Waals surface area contributed by atoms with E-state index in [4.69, 9.17) is 20.3 Å². The lowest BCUT2D eigenvalue weighted by Gasteiger charge is -2.15. The quantitative estimate of drug-likeness (QED) is 0.0213. The van der Waals surface area contributed by atoms with Gasteiger partial charge in [-0.1, -0.05) is 4.99 Å². The molecule has 0 fully saturated rings. The van der Waals surface area contributed by atoms with E-state index in [0.717, 1.165) is 28.5 Å². The topological polar surface area (TPSA) is 314 Å². The maximum absolute atomic E-state index is 13.2. The molecule has 7 rings (SSSR count). The average Bonchev–Trinajstić information content (AvgIpc) is 4.08. The second kappa shape index (κ2) is 19.4. The second-order valence-corrected chi connectivity index (χ2v) is 17.6. The molecule has 6 aromatic rings. The van der Waals surface area contributed by atoms with Crippen molar-refractivity contribution in [2.75, 3.05) is 13.2 Å². The Hall–Kier alpha value is -7.05. The molecule has 8 bridgehead atoms. The van der Waals surface area contributed by atoms with Gasteiger partial charge in [0.05, 0.1) is 31.1 Å². The standard InChI is InChI=1S/C44H52N10O12S/c1-22-29(8-10-41(55)56)35-19-36-30(9-11-42(57)64-15-12-52-27(6)46-20-39(52)54(58)59)23(2)31(48-36)16-33-24(3)43(26(5)63-14-13-53-28(7)47-21-40(53)65-66-45)37(50-33)17-34-25(4)44(67(60,61)62)38(51-34)18-32(22)49-35/h16-21,26,48-51H,8-15,45H2,1-7H3,(H,55,56)(H,60,61,62). The maximum Gasteiger partial charge on any atom is 0.342 e. The van der Waals surface area contributed by atoms with Gasteiger partial charge in [-0.3, -0.25) is 23.6 Å². The fraction of sp³-hybridized carbons (Fsp3) is 0.364. The Morgan fingerprint density at radius 2 is 1.37 bits per heavy atom. The number of carboxylic acids is 1. The molecule has 1 aliphatic heterocycles. The van der Waals surface area contributed by atoms with E-state index in [9.17, 15) is 37.8 Å². The number of H-pyrrole nitrogens is 4. The van der Waals surface area contributed by atoms with Gasteiger partial charge in [0.15, 0.2) is 5.82 Å². The minimum Gasteiger partial charge on any atom is -0.481 e. The number of nitrogens with one attached hydrogen (secondary N) is 4. The monoisotopic (exact) mass is 944 g/mol. The molecule has 0 aromatic carbocycles. The lowest BCUT2D eigenvalue weighted by Crippen LogP contribution is -2.17. The molecular weight excluding hydrogens is 893 g/mol. The highest BCUT2D eigenvalue weighted by Gasteiger charge is 2.25. The summed E-state index contributed by atoms with van der Waals surface area (Å²) >= 11 is 0. The molecule has 0 spiro atoms. The molecule has 0 saturated carbocycles. The van der Waals surface area contributed by atoms with E-state index in [1.807, 2.05) is 32.9 Å². The normalized spacial score (nSPS) is 12.8. The number of nitro groups is 1. The van der Waals surface area contributed by atoms with Crippen molar-refractivity contribution in [2.45, 2.75) is 98.2 Å². The van der Waals surface area contributed by atoms with Crippen molar-refractivity contribution in [2.24, 2.45) is 5.90 Å². The summed E-state index contributed by atoms with van der Waals surface area (Å²) in [6.07, 6.45) is 9.28. The summed E-state index contributed by atoms with van der Waals surface area (Å²) in [6, 6.07) is 0. The van der Waals surface area contributed by atoms with Gasteiger partial charge in [-0.15, -0.1) is 0 Å². The molecular formula is C44H52N10O12S. The van der Waals surface area contributed by atoms with E-state index < -0.39 is 33.1 Å². The second-order valence-electron chi connectivity index (χ2n) is 16.2. The molecule has 8 N–H and O–H groups in total. The van der Waals surface area contributed by atoms with Gasteiger partial charge in [0.25, 0.3) is 16.0 Å². The Morgan fingerprint density at radius 3 is 2.07 bits per heavy atom. The largest absolute Gasteiger partial charge is 0.481 e. The summed E-state index contributed by atoms with van der Waals surface area (Å²) in [5.74, 6) is 4.73. The summed E-state index contributed by atoms with van der Waals surface area (Å²) in [7, 11) is -4.78. The third-order valence-electron chi connectivity index (χ3n) is 12.1. The molecule has 6 aromatic heterocycles. The summed E-state index contributed by atoms with van der Waals surface area (Å²) in [5.41, 5.74) is 6.51. The predicted octanol–water partition coefficient (Wildman–Crippen LogP) is 2.18. The highest BCUT2D eigenvalue weighted by molar-refractivity contribution is 7.86. The number of rotatable bonds is 18. The first-order valence-corrected chi connectivity index (χ1v) is 22.7. The fourth-order valence-electron chi connectivity index (χ4n) is 8.65. The van der Waals surface area contributed by atoms with E-state index in [2.05, 4.69) is 34.9 Å². The highest BCUT2D eigenvalue weighted by atomic mass is 32.2. The zero-order chi connectivity index (χ0) is 48.5. The van der Waals surface area contributed by atoms with Crippen LogP contribution in [-0.2, 0) is 60.1 Å². The zero-order valence-electron chi connectivity index (χ0n) is 37.9. The Kier molecular flexibility index (Phi) is 13.9. The number of nitrogens with zero attached hydrogens (tertiary/aromatic N) is 5. The van der Waals surface area contributed by atoms with Gasteiger partial charge in [0.2, 0.25) is 0 Å². The molecule has 1 aliphatic rings. The van der Waals surface area contributed by atoms with Gasteiger partial charge in [-0.05, 0) is 117 Å². The first-order valence-electron chi connectivity index (χ1n) is 21.2. The molecule has 0 radical (unpaired) electrons. The Labute approximate surface area is 382 Å². The van der Waals surface area contributed by atoms with Crippen molar-refractivity contribution in [3.8, 4) is 5.88 Å². The van der Waals surface area contributed by atoms with Gasteiger partial charge in [-0.2, -0.15) is 14.3 Å². The minimum atomic E-state index is -4.78. The predicted molar refractivity (Wildman–Crippen MR) is 241 cm³/mol. The smallest absolute Gasteiger partial charge is 0.342 e. The van der Waals surface area contributed by atoms with Crippen LogP contribution in [0.25, 0.3) is 24.3 Å². The molecule has 0 aliphatic carbocycles. The average molecular weight is 945 g/mol. The van der Waals surface area contributed by atoms with Crippen LogP contribution < -0.4 is 32.2 Å². The number of ether oxygens (including phenoxy) is 2. The van der Waals surface area contributed by atoms with Crippen LogP contribution in [0.2, 0.25) is 0 Å². The number of nitrogens with two attached hydrogens (primary N) is 1. The molecule has 23 heteroatoms. The molecule has 0 amide bonds. The van der Waals surface area contributed by atoms with Crippen LogP contribution in [0, 0.1) is 51.7 Å². The SMILES string of the molecule is Cc1c2[nH]c(c1CCC(=O)OCCn1c([N+](=O)[O-])cnc1C)C=c1[nH]c(c(C)c1CCC(=O)O)=Cc1[nH]c(c(C)c1S(=O)(=O)O)C=c1[nH]c(c(C)c1C(C)OCCn1c(OON)cnc1C)=C2. The first kappa shape index (κ1) is 47.9. The van der Waals surface area contributed by atoms with Crippen molar-refractivity contribution in [1.29, 1.82) is 0 Å². The molecule has 22 nitrogen and oxygen atoms in total. The van der Waals surface area contributed by atoms with E-state index in [1.54, 1.807) is 44.4 Å². The lowest BCUT2D eigenvalue weighted by molar-refractivity contribution is -0.392. The first-order chi connectivity index (χ1) is 31.8. The van der Waals surface area contributed by atoms with E-state index in [1.165, 1.54) is 10.8 Å². The maximum atomic E-state index is 13.2. The Morgan fingerprint density at radius 1 is 0.776 bits per heavy atom. The van der Waals surface area contributed by atoms with Crippen LogP contribution in [0.15, 0.2) is 17.3 Å². The summed E-state index contributed by atoms with van der Waals surface area (Å²) in [5, 5.41) is 23.4. The van der Waals surface area contributed by atoms with Crippen LogP contribution in [0.3, 0.4) is 0 Å². The van der Waals surface area contributed by atoms with Crippen molar-refractivity contribution < 1.29 is 51.9 Å². The fourth-order valence-corrected chi connectivity index (χ4v) is 9.53. The van der Waals surface area contributed by atoms with Crippen LogP contribution in [0.5, 0.6) is 5.88 Å². The zero-order valence-corrected chi connectivity index (χ0v) is 38.7. The number of carbonyl (C=O) groups excluding carboxylic acids is 1. The number of aromatic nitrogens is 8. The summed E-state index contributed by atoms with van der Waals surface area (Å²) in [6.45, 7) is 13.0. The Bertz CT molecular complexity index is 3280. The summed E-state index contributed by atoms with van der Waals surface area (Å²) < 4.78 is 51.8. The van der Waals surface area contributed by atoms with Crippen LogP contribution in [0.1, 0.15) is 99.2 Å². The number of aliphatic carboxylic acids is 1. The van der Waals surface area contributed by atoms with Crippen molar-refractivity contribution in [3.63, 3.8) is 0 Å². The molecule has 67 heavy (non-hydrogen) atoms. The van der Waals surface area contributed by atoms with E-state index in [-0.39, 0.29) is 67.4 Å². The molecule has 7 heterocycles. The molecule has 1 unspecified atom stereocenters. The number of carboxylic acid groups (broad SMARTS) is 1. The van der Waals surface area contributed by atoms with Crippen LogP contribution >= 0.6 is 0 Å². The number of carbonyl (C=O) groups is 2. The van der Waals surface area contributed by atoms with E-state index in [0.29, 0.717) is 73.7 Å².